The predicted octanol–water partition coefficient (Wildman–Crippen LogP) is -3.96. The summed E-state index contributed by atoms with van der Waals surface area (Å²) in [5.41, 5.74) is 0. The summed E-state index contributed by atoms with van der Waals surface area (Å²) in [4.78, 5) is 0. The van der Waals surface area contributed by atoms with E-state index < -0.39 is 74.6 Å². The molecule has 2 saturated heterocycles. The molecular formula is C18H26O12. The van der Waals surface area contributed by atoms with Crippen molar-refractivity contribution in [3.8, 4) is 11.5 Å². The summed E-state index contributed by atoms with van der Waals surface area (Å²) >= 11 is 0. The van der Waals surface area contributed by atoms with Crippen LogP contribution in [0.25, 0.3) is 0 Å². The second-order valence-electron chi connectivity index (χ2n) is 7.10. The third-order valence-electron chi connectivity index (χ3n) is 5.03. The fourth-order valence-electron chi connectivity index (χ4n) is 3.19. The smallest absolute Gasteiger partial charge is 0.229 e. The second kappa shape index (κ2) is 9.70. The highest BCUT2D eigenvalue weighted by Crippen LogP contribution is 2.28. The van der Waals surface area contributed by atoms with Crippen LogP contribution >= 0.6 is 0 Å². The molecule has 0 saturated carbocycles. The fraction of sp³-hybridized carbons (Fsp3) is 0.667. The first-order valence-corrected chi connectivity index (χ1v) is 9.31. The van der Waals surface area contributed by atoms with Crippen LogP contribution in [-0.4, -0.2) is 115 Å². The monoisotopic (exact) mass is 434 g/mol. The normalized spacial score (nSPS) is 42.0. The first-order chi connectivity index (χ1) is 14.3. The number of hydrogen-bond acceptors (Lipinski definition) is 12. The molecule has 2 unspecified atom stereocenters. The molecule has 2 heterocycles. The van der Waals surface area contributed by atoms with Gasteiger partial charge in [-0.2, -0.15) is 0 Å². The Bertz CT molecular complexity index is 611. The SMILES string of the molecule is OC[C@H]1OC(Oc2ccc(OC3O[C@H](CO)[C@H](O)[C@H](O)[C@H]3O)cc2)[C@H](O)[C@@H](O)[C@H]1O. The highest BCUT2D eigenvalue weighted by Gasteiger charge is 2.45. The van der Waals surface area contributed by atoms with Crippen LogP contribution in [0.15, 0.2) is 24.3 Å². The van der Waals surface area contributed by atoms with E-state index in [2.05, 4.69) is 0 Å². The molecule has 2 fully saturated rings. The van der Waals surface area contributed by atoms with Crippen molar-refractivity contribution < 1.29 is 59.8 Å². The molecule has 0 amide bonds. The molecule has 0 bridgehead atoms. The molecule has 1 aromatic rings. The maximum Gasteiger partial charge on any atom is 0.229 e. The number of aliphatic hydroxyl groups excluding tert-OH is 8. The topological polar surface area (TPSA) is 199 Å². The van der Waals surface area contributed by atoms with Gasteiger partial charge in [0.05, 0.1) is 13.2 Å². The van der Waals surface area contributed by atoms with E-state index in [0.29, 0.717) is 0 Å². The van der Waals surface area contributed by atoms with E-state index in [-0.39, 0.29) is 11.5 Å². The third-order valence-corrected chi connectivity index (χ3v) is 5.03. The average Bonchev–Trinajstić information content (AvgIpc) is 2.75. The predicted molar refractivity (Wildman–Crippen MR) is 95.2 cm³/mol. The van der Waals surface area contributed by atoms with Gasteiger partial charge in [0.2, 0.25) is 12.6 Å². The molecule has 30 heavy (non-hydrogen) atoms. The standard InChI is InChI=1S/C18H26O12/c19-5-9-11(21)13(23)15(25)17(29-9)27-7-1-2-8(4-3-7)28-18-16(26)14(24)12(22)10(6-20)30-18/h1-4,9-26H,5-6H2/t9-,10-,11+,12+,13+,14+,15-,16-,17?,18?/m1/s1. The van der Waals surface area contributed by atoms with Crippen LogP contribution < -0.4 is 9.47 Å². The third kappa shape index (κ3) is 4.68. The van der Waals surface area contributed by atoms with E-state index in [1.807, 2.05) is 0 Å². The quantitative estimate of drug-likeness (QED) is 0.216. The lowest BCUT2D eigenvalue weighted by Crippen LogP contribution is -2.60. The minimum absolute atomic E-state index is 0.195. The van der Waals surface area contributed by atoms with Crippen LogP contribution in [0.1, 0.15) is 0 Å². The molecule has 0 radical (unpaired) electrons. The summed E-state index contributed by atoms with van der Waals surface area (Å²) in [6.07, 6.45) is -14.2. The van der Waals surface area contributed by atoms with Gasteiger partial charge in [0.15, 0.2) is 0 Å². The van der Waals surface area contributed by atoms with E-state index in [9.17, 15) is 40.9 Å². The summed E-state index contributed by atoms with van der Waals surface area (Å²) in [5.74, 6) is 0.390. The zero-order valence-electron chi connectivity index (χ0n) is 15.7. The van der Waals surface area contributed by atoms with E-state index in [0.717, 1.165) is 0 Å². The van der Waals surface area contributed by atoms with Crippen LogP contribution in [0.4, 0.5) is 0 Å². The molecule has 0 aromatic heterocycles. The van der Waals surface area contributed by atoms with Gasteiger partial charge in [-0.1, -0.05) is 0 Å². The van der Waals surface area contributed by atoms with Gasteiger partial charge in [-0.25, -0.2) is 0 Å². The average molecular weight is 434 g/mol. The molecule has 3 rings (SSSR count). The Hall–Kier alpha value is -1.58. The van der Waals surface area contributed by atoms with Crippen LogP contribution in [-0.2, 0) is 9.47 Å². The number of aliphatic hydroxyl groups is 8. The first kappa shape index (κ1) is 23.1. The van der Waals surface area contributed by atoms with Gasteiger partial charge in [-0.05, 0) is 24.3 Å². The molecule has 8 N–H and O–H groups in total. The molecular weight excluding hydrogens is 408 g/mol. The lowest BCUT2D eigenvalue weighted by atomic mass is 9.99. The zero-order chi connectivity index (χ0) is 22.0. The Morgan fingerprint density at radius 2 is 0.900 bits per heavy atom. The van der Waals surface area contributed by atoms with E-state index in [1.165, 1.54) is 24.3 Å². The highest BCUT2D eigenvalue weighted by atomic mass is 16.7. The lowest BCUT2D eigenvalue weighted by molar-refractivity contribution is -0.278. The van der Waals surface area contributed by atoms with Gasteiger partial charge >= 0.3 is 0 Å². The van der Waals surface area contributed by atoms with Crippen LogP contribution in [0.5, 0.6) is 11.5 Å². The Kier molecular flexibility index (Phi) is 7.47. The zero-order valence-corrected chi connectivity index (χ0v) is 15.7. The molecule has 2 aliphatic rings. The number of ether oxygens (including phenoxy) is 4. The summed E-state index contributed by atoms with van der Waals surface area (Å²) in [6, 6.07) is 5.67. The van der Waals surface area contributed by atoms with Crippen molar-refractivity contribution in [1.82, 2.24) is 0 Å². The van der Waals surface area contributed by atoms with Gasteiger partial charge in [0.1, 0.15) is 60.3 Å². The molecule has 10 atom stereocenters. The van der Waals surface area contributed by atoms with E-state index in [1.54, 1.807) is 0 Å². The fourth-order valence-corrected chi connectivity index (χ4v) is 3.19. The van der Waals surface area contributed by atoms with Crippen LogP contribution in [0.3, 0.4) is 0 Å². The molecule has 170 valence electrons. The van der Waals surface area contributed by atoms with Crippen molar-refractivity contribution in [3.05, 3.63) is 24.3 Å². The summed E-state index contributed by atoms with van der Waals surface area (Å²) in [7, 11) is 0. The Labute approximate surface area is 171 Å². The van der Waals surface area contributed by atoms with Gasteiger partial charge < -0.3 is 59.8 Å². The van der Waals surface area contributed by atoms with Crippen molar-refractivity contribution in [2.24, 2.45) is 0 Å². The summed E-state index contributed by atoms with van der Waals surface area (Å²) < 4.78 is 21.4. The van der Waals surface area contributed by atoms with E-state index in [4.69, 9.17) is 18.9 Å². The largest absolute Gasteiger partial charge is 0.462 e. The van der Waals surface area contributed by atoms with Gasteiger partial charge in [-0.15, -0.1) is 0 Å². The second-order valence-corrected chi connectivity index (χ2v) is 7.10. The molecule has 12 nitrogen and oxygen atoms in total. The van der Waals surface area contributed by atoms with Crippen molar-refractivity contribution in [3.63, 3.8) is 0 Å². The van der Waals surface area contributed by atoms with E-state index >= 15 is 0 Å². The molecule has 0 aliphatic carbocycles. The Morgan fingerprint density at radius 3 is 1.20 bits per heavy atom. The Balaban J connectivity index is 1.62. The lowest BCUT2D eigenvalue weighted by Gasteiger charge is -2.39. The maximum absolute atomic E-state index is 10.0. The minimum Gasteiger partial charge on any atom is -0.462 e. The highest BCUT2D eigenvalue weighted by molar-refractivity contribution is 5.31. The van der Waals surface area contributed by atoms with Crippen LogP contribution in [0.2, 0.25) is 0 Å². The number of hydrogen-bond donors (Lipinski definition) is 8. The number of benzene rings is 1. The maximum atomic E-state index is 10.0. The molecule has 12 heteroatoms. The summed E-state index contributed by atoms with van der Waals surface area (Å²) in [6.45, 7) is -1.17. The molecule has 1 aromatic carbocycles. The van der Waals surface area contributed by atoms with Gasteiger partial charge in [0, 0.05) is 0 Å². The van der Waals surface area contributed by atoms with Gasteiger partial charge in [-0.3, -0.25) is 0 Å². The minimum atomic E-state index is -1.57. The van der Waals surface area contributed by atoms with Crippen molar-refractivity contribution in [2.45, 2.75) is 61.4 Å². The Morgan fingerprint density at radius 1 is 0.567 bits per heavy atom. The molecule has 2 aliphatic heterocycles. The van der Waals surface area contributed by atoms with Crippen LogP contribution in [0, 0.1) is 0 Å². The first-order valence-electron chi connectivity index (χ1n) is 9.31. The van der Waals surface area contributed by atoms with Gasteiger partial charge in [0.25, 0.3) is 0 Å². The number of rotatable bonds is 6. The summed E-state index contributed by atoms with van der Waals surface area (Å²) in [5, 5.41) is 77.6. The van der Waals surface area contributed by atoms with Crippen molar-refractivity contribution >= 4 is 0 Å². The van der Waals surface area contributed by atoms with Crippen molar-refractivity contribution in [1.29, 1.82) is 0 Å². The van der Waals surface area contributed by atoms with Crippen molar-refractivity contribution in [2.75, 3.05) is 13.2 Å². The molecule has 0 spiro atoms.